The molecule has 84 valence electrons. The molecule has 0 unspecified atom stereocenters. The van der Waals surface area contributed by atoms with Gasteiger partial charge < -0.3 is 4.74 Å². The molecule has 0 saturated heterocycles. The number of rotatable bonds is 2. The van der Waals surface area contributed by atoms with Crippen molar-refractivity contribution in [1.29, 1.82) is 5.26 Å². The highest BCUT2D eigenvalue weighted by molar-refractivity contribution is 5.40. The average molecular weight is 228 g/mol. The Bertz CT molecular complexity index is 590. The first kappa shape index (κ1) is 11.1. The van der Waals surface area contributed by atoms with Crippen molar-refractivity contribution >= 4 is 0 Å². The maximum atomic E-state index is 13.1. The molecule has 0 fully saturated rings. The third-order valence-electron chi connectivity index (χ3n) is 2.23. The molecule has 0 atom stereocenters. The molecule has 0 spiro atoms. The number of halogens is 1. The number of ether oxygens (including phenoxy) is 1. The van der Waals surface area contributed by atoms with E-state index in [0.717, 1.165) is 0 Å². The van der Waals surface area contributed by atoms with Crippen LogP contribution in [0.4, 0.5) is 4.39 Å². The van der Waals surface area contributed by atoms with Gasteiger partial charge in [0.25, 0.3) is 0 Å². The maximum Gasteiger partial charge on any atom is 0.183 e. The first-order valence-corrected chi connectivity index (χ1v) is 5.00. The van der Waals surface area contributed by atoms with Crippen LogP contribution in [-0.2, 0) is 0 Å². The molecule has 17 heavy (non-hydrogen) atoms. The molecule has 0 bridgehead atoms. The Kier molecular flexibility index (Phi) is 3.01. The second kappa shape index (κ2) is 4.62. The van der Waals surface area contributed by atoms with Crippen molar-refractivity contribution in [2.45, 2.75) is 6.92 Å². The van der Waals surface area contributed by atoms with E-state index in [9.17, 15) is 4.39 Å². The van der Waals surface area contributed by atoms with E-state index in [2.05, 4.69) is 4.98 Å². The predicted octanol–water partition coefficient (Wildman–Crippen LogP) is 3.19. The number of hydrogen-bond acceptors (Lipinski definition) is 3. The van der Waals surface area contributed by atoms with Crippen LogP contribution in [0.2, 0.25) is 0 Å². The molecule has 0 aliphatic rings. The number of nitrogens with zero attached hydrogens (tertiary/aromatic N) is 2. The van der Waals surface area contributed by atoms with Crippen molar-refractivity contribution in [3.8, 4) is 17.6 Å². The number of pyridine rings is 1. The van der Waals surface area contributed by atoms with Gasteiger partial charge in [0, 0.05) is 6.20 Å². The Balaban J connectivity index is 2.32. The summed E-state index contributed by atoms with van der Waals surface area (Å²) >= 11 is 0. The molecule has 0 aliphatic heterocycles. The maximum absolute atomic E-state index is 13.1. The molecular formula is C13H9FN2O. The lowest BCUT2D eigenvalue weighted by atomic mass is 10.2. The Morgan fingerprint density at radius 2 is 2.18 bits per heavy atom. The van der Waals surface area contributed by atoms with Gasteiger partial charge in [-0.3, -0.25) is 0 Å². The van der Waals surface area contributed by atoms with Gasteiger partial charge in [-0.15, -0.1) is 0 Å². The van der Waals surface area contributed by atoms with E-state index in [1.165, 1.54) is 18.3 Å². The van der Waals surface area contributed by atoms with Crippen LogP contribution in [-0.4, -0.2) is 4.98 Å². The molecule has 0 amide bonds. The van der Waals surface area contributed by atoms with Crippen LogP contribution < -0.4 is 4.74 Å². The van der Waals surface area contributed by atoms with E-state index in [-0.39, 0.29) is 11.5 Å². The molecule has 2 rings (SSSR count). The van der Waals surface area contributed by atoms with Crippen LogP contribution in [0.25, 0.3) is 0 Å². The van der Waals surface area contributed by atoms with Crippen LogP contribution in [0.5, 0.6) is 11.5 Å². The summed E-state index contributed by atoms with van der Waals surface area (Å²) in [5.74, 6) is 0.554. The fourth-order valence-electron chi connectivity index (χ4n) is 1.36. The molecule has 2 aromatic rings. The number of aryl methyl sites for hydroxylation is 1. The van der Waals surface area contributed by atoms with Crippen molar-refractivity contribution in [1.82, 2.24) is 4.98 Å². The van der Waals surface area contributed by atoms with E-state index < -0.39 is 0 Å². The van der Waals surface area contributed by atoms with Crippen LogP contribution in [0.15, 0.2) is 36.5 Å². The number of hydrogen-bond donors (Lipinski definition) is 0. The summed E-state index contributed by atoms with van der Waals surface area (Å²) in [4.78, 5) is 3.87. The van der Waals surface area contributed by atoms with E-state index >= 15 is 0 Å². The lowest BCUT2D eigenvalue weighted by Crippen LogP contribution is -1.91. The van der Waals surface area contributed by atoms with E-state index in [1.807, 2.05) is 6.07 Å². The molecule has 0 saturated carbocycles. The van der Waals surface area contributed by atoms with Gasteiger partial charge in [-0.05, 0) is 42.8 Å². The molecule has 0 N–H and O–H groups in total. The molecule has 1 aromatic carbocycles. The molecule has 0 radical (unpaired) electrons. The highest BCUT2D eigenvalue weighted by Gasteiger charge is 2.06. The molecule has 0 aliphatic carbocycles. The summed E-state index contributed by atoms with van der Waals surface area (Å²) in [6, 6.07) is 9.66. The van der Waals surface area contributed by atoms with Crippen molar-refractivity contribution in [2.24, 2.45) is 0 Å². The zero-order valence-electron chi connectivity index (χ0n) is 9.14. The zero-order valence-corrected chi connectivity index (χ0v) is 9.14. The van der Waals surface area contributed by atoms with Crippen LogP contribution in [0.1, 0.15) is 11.3 Å². The third-order valence-corrected chi connectivity index (χ3v) is 2.23. The number of benzene rings is 1. The molecule has 3 nitrogen and oxygen atoms in total. The summed E-state index contributed by atoms with van der Waals surface area (Å²) < 4.78 is 18.5. The van der Waals surface area contributed by atoms with E-state index in [1.54, 1.807) is 25.1 Å². The summed E-state index contributed by atoms with van der Waals surface area (Å²) in [6.07, 6.45) is 1.52. The number of aromatic nitrogens is 1. The minimum Gasteiger partial charge on any atom is -0.454 e. The van der Waals surface area contributed by atoms with Crippen molar-refractivity contribution in [2.75, 3.05) is 0 Å². The Morgan fingerprint density at radius 1 is 1.35 bits per heavy atom. The molecule has 1 heterocycles. The lowest BCUT2D eigenvalue weighted by molar-refractivity contribution is 0.475. The molecule has 1 aromatic heterocycles. The summed E-state index contributed by atoms with van der Waals surface area (Å²) in [5.41, 5.74) is 0.694. The van der Waals surface area contributed by atoms with Crippen molar-refractivity contribution < 1.29 is 9.13 Å². The smallest absolute Gasteiger partial charge is 0.183 e. The van der Waals surface area contributed by atoms with Gasteiger partial charge >= 0.3 is 0 Å². The predicted molar refractivity (Wildman–Crippen MR) is 60.2 cm³/mol. The molecule has 4 heteroatoms. The Morgan fingerprint density at radius 3 is 2.88 bits per heavy atom. The largest absolute Gasteiger partial charge is 0.454 e. The fraction of sp³-hybridized carbons (Fsp3) is 0.0769. The van der Waals surface area contributed by atoms with E-state index in [0.29, 0.717) is 17.1 Å². The van der Waals surface area contributed by atoms with E-state index in [4.69, 9.17) is 10.00 Å². The highest BCUT2D eigenvalue weighted by atomic mass is 19.1. The topological polar surface area (TPSA) is 45.9 Å². The van der Waals surface area contributed by atoms with Gasteiger partial charge in [-0.1, -0.05) is 0 Å². The second-order valence-corrected chi connectivity index (χ2v) is 3.48. The van der Waals surface area contributed by atoms with Crippen LogP contribution in [0.3, 0.4) is 0 Å². The standard InChI is InChI=1S/C13H9FN2O/c1-9-7-10(4-5-11(9)14)17-13-3-2-6-16-12(13)8-15/h2-7H,1H3. The van der Waals surface area contributed by atoms with Gasteiger partial charge in [0.1, 0.15) is 17.6 Å². The van der Waals surface area contributed by atoms with Gasteiger partial charge in [0.15, 0.2) is 11.4 Å². The van der Waals surface area contributed by atoms with Gasteiger partial charge in [0.05, 0.1) is 0 Å². The molecular weight excluding hydrogens is 219 g/mol. The van der Waals surface area contributed by atoms with Crippen molar-refractivity contribution in [3.63, 3.8) is 0 Å². The monoisotopic (exact) mass is 228 g/mol. The van der Waals surface area contributed by atoms with Crippen LogP contribution >= 0.6 is 0 Å². The zero-order chi connectivity index (χ0) is 12.3. The van der Waals surface area contributed by atoms with Crippen LogP contribution in [0, 0.1) is 24.1 Å². The average Bonchev–Trinajstić information content (AvgIpc) is 2.34. The SMILES string of the molecule is Cc1cc(Oc2cccnc2C#N)ccc1F. The Labute approximate surface area is 98.1 Å². The van der Waals surface area contributed by atoms with Gasteiger partial charge in [-0.2, -0.15) is 5.26 Å². The van der Waals surface area contributed by atoms with Gasteiger partial charge in [-0.25, -0.2) is 9.37 Å². The summed E-state index contributed by atoms with van der Waals surface area (Å²) in [5, 5.41) is 8.84. The summed E-state index contributed by atoms with van der Waals surface area (Å²) in [6.45, 7) is 1.65. The first-order chi connectivity index (χ1) is 8.20. The summed E-state index contributed by atoms with van der Waals surface area (Å²) in [7, 11) is 0. The number of nitriles is 1. The van der Waals surface area contributed by atoms with Gasteiger partial charge in [0.2, 0.25) is 0 Å². The Hall–Kier alpha value is -2.41. The minimum atomic E-state index is -0.288. The minimum absolute atomic E-state index is 0.203. The fourth-order valence-corrected chi connectivity index (χ4v) is 1.36. The third kappa shape index (κ3) is 2.40. The normalized spacial score (nSPS) is 9.71. The highest BCUT2D eigenvalue weighted by Crippen LogP contribution is 2.24. The second-order valence-electron chi connectivity index (χ2n) is 3.48. The first-order valence-electron chi connectivity index (χ1n) is 5.00. The lowest BCUT2D eigenvalue weighted by Gasteiger charge is -2.07. The quantitative estimate of drug-likeness (QED) is 0.792. The van der Waals surface area contributed by atoms with Crippen molar-refractivity contribution in [3.05, 3.63) is 53.6 Å².